The first kappa shape index (κ1) is 13.4. The molecule has 0 bridgehead atoms. The summed E-state index contributed by atoms with van der Waals surface area (Å²) in [6.45, 7) is 5.94. The number of benzene rings is 1. The predicted molar refractivity (Wildman–Crippen MR) is 66.1 cm³/mol. The van der Waals surface area contributed by atoms with Crippen LogP contribution >= 0.6 is 0 Å². The molecule has 1 N–H and O–H groups in total. The Bertz CT molecular complexity index is 365. The van der Waals surface area contributed by atoms with Crippen LogP contribution in [0.2, 0.25) is 0 Å². The highest BCUT2D eigenvalue weighted by atomic mass is 16.6. The van der Waals surface area contributed by atoms with E-state index < -0.39 is 11.7 Å². The van der Waals surface area contributed by atoms with Crippen LogP contribution in [0.25, 0.3) is 0 Å². The molecule has 0 aliphatic heterocycles. The van der Waals surface area contributed by atoms with Crippen LogP contribution in [0.3, 0.4) is 0 Å². The number of carbonyl (C=O) groups is 1. The summed E-state index contributed by atoms with van der Waals surface area (Å²) in [5.41, 5.74) is 0.529. The van der Waals surface area contributed by atoms with Gasteiger partial charge in [-0.3, -0.25) is 0 Å². The lowest BCUT2D eigenvalue weighted by Crippen LogP contribution is -2.32. The van der Waals surface area contributed by atoms with Crippen molar-refractivity contribution in [2.24, 2.45) is 0 Å². The van der Waals surface area contributed by atoms with E-state index in [0.717, 1.165) is 11.3 Å². The maximum Gasteiger partial charge on any atom is 0.407 e. The van der Waals surface area contributed by atoms with E-state index in [1.807, 2.05) is 45.0 Å². The van der Waals surface area contributed by atoms with Gasteiger partial charge in [0, 0.05) is 6.54 Å². The second kappa shape index (κ2) is 5.57. The highest BCUT2D eigenvalue weighted by Gasteiger charge is 2.15. The summed E-state index contributed by atoms with van der Waals surface area (Å²) >= 11 is 0. The molecule has 0 aliphatic carbocycles. The fraction of sp³-hybridized carbons (Fsp3) is 0.462. The molecule has 1 amide bonds. The monoisotopic (exact) mass is 237 g/mol. The van der Waals surface area contributed by atoms with Crippen molar-refractivity contribution in [3.8, 4) is 5.75 Å². The SMILES string of the molecule is COc1ccc(CNC(=O)OC(C)(C)C)cc1. The van der Waals surface area contributed by atoms with Gasteiger partial charge in [0.1, 0.15) is 11.4 Å². The molecule has 1 aromatic carbocycles. The van der Waals surface area contributed by atoms with Crippen molar-refractivity contribution in [2.75, 3.05) is 7.11 Å². The summed E-state index contributed by atoms with van der Waals surface area (Å²) in [6, 6.07) is 7.50. The number of ether oxygens (including phenoxy) is 2. The zero-order valence-electron chi connectivity index (χ0n) is 10.7. The Balaban J connectivity index is 2.42. The number of methoxy groups -OCH3 is 1. The van der Waals surface area contributed by atoms with Crippen LogP contribution in [-0.4, -0.2) is 18.8 Å². The van der Waals surface area contributed by atoms with Crippen LogP contribution in [0.5, 0.6) is 5.75 Å². The van der Waals surface area contributed by atoms with Gasteiger partial charge in [-0.15, -0.1) is 0 Å². The van der Waals surface area contributed by atoms with Gasteiger partial charge in [-0.1, -0.05) is 12.1 Å². The Morgan fingerprint density at radius 3 is 2.29 bits per heavy atom. The molecule has 17 heavy (non-hydrogen) atoms. The largest absolute Gasteiger partial charge is 0.497 e. The molecule has 1 rings (SSSR count). The fourth-order valence-corrected chi connectivity index (χ4v) is 1.23. The first-order valence-corrected chi connectivity index (χ1v) is 5.50. The normalized spacial score (nSPS) is 10.8. The number of rotatable bonds is 3. The molecule has 4 heteroatoms. The molecule has 0 aliphatic rings. The van der Waals surface area contributed by atoms with Gasteiger partial charge in [-0.2, -0.15) is 0 Å². The number of alkyl carbamates (subject to hydrolysis) is 1. The molecule has 4 nitrogen and oxygen atoms in total. The number of carbonyl (C=O) groups excluding carboxylic acids is 1. The fourth-order valence-electron chi connectivity index (χ4n) is 1.23. The van der Waals surface area contributed by atoms with Crippen LogP contribution in [0.4, 0.5) is 4.79 Å². The van der Waals surface area contributed by atoms with Crippen molar-refractivity contribution < 1.29 is 14.3 Å². The van der Waals surface area contributed by atoms with Gasteiger partial charge in [0.05, 0.1) is 7.11 Å². The Labute approximate surface area is 102 Å². The van der Waals surface area contributed by atoms with Gasteiger partial charge in [0.25, 0.3) is 0 Å². The van der Waals surface area contributed by atoms with E-state index in [1.165, 1.54) is 0 Å². The molecule has 0 fully saturated rings. The Morgan fingerprint density at radius 2 is 1.82 bits per heavy atom. The van der Waals surface area contributed by atoms with Crippen LogP contribution < -0.4 is 10.1 Å². The number of hydrogen-bond donors (Lipinski definition) is 1. The third kappa shape index (κ3) is 5.24. The van der Waals surface area contributed by atoms with Crippen LogP contribution in [0, 0.1) is 0 Å². The minimum absolute atomic E-state index is 0.409. The van der Waals surface area contributed by atoms with E-state index in [-0.39, 0.29) is 0 Å². The predicted octanol–water partition coefficient (Wildman–Crippen LogP) is 2.72. The highest BCUT2D eigenvalue weighted by molar-refractivity contribution is 5.67. The van der Waals surface area contributed by atoms with Crippen molar-refractivity contribution in [1.82, 2.24) is 5.32 Å². The van der Waals surface area contributed by atoms with Crippen molar-refractivity contribution in [3.05, 3.63) is 29.8 Å². The molecule has 0 unspecified atom stereocenters. The zero-order chi connectivity index (χ0) is 12.9. The summed E-state index contributed by atoms with van der Waals surface area (Å²) in [6.07, 6.45) is -0.409. The van der Waals surface area contributed by atoms with Gasteiger partial charge < -0.3 is 14.8 Å². The third-order valence-corrected chi connectivity index (χ3v) is 1.99. The van der Waals surface area contributed by atoms with Gasteiger partial charge in [-0.25, -0.2) is 4.79 Å². The average Bonchev–Trinajstić information content (AvgIpc) is 2.25. The Morgan fingerprint density at radius 1 is 1.24 bits per heavy atom. The van der Waals surface area contributed by atoms with Gasteiger partial charge >= 0.3 is 6.09 Å². The topological polar surface area (TPSA) is 47.6 Å². The highest BCUT2D eigenvalue weighted by Crippen LogP contribution is 2.11. The molecule has 0 radical (unpaired) electrons. The Hall–Kier alpha value is -1.71. The van der Waals surface area contributed by atoms with Crippen LogP contribution in [0.1, 0.15) is 26.3 Å². The van der Waals surface area contributed by atoms with Crippen molar-refractivity contribution in [3.63, 3.8) is 0 Å². The van der Waals surface area contributed by atoms with E-state index in [4.69, 9.17) is 9.47 Å². The zero-order valence-corrected chi connectivity index (χ0v) is 10.7. The van der Waals surface area contributed by atoms with Crippen LogP contribution in [0.15, 0.2) is 24.3 Å². The summed E-state index contributed by atoms with van der Waals surface area (Å²) < 4.78 is 10.2. The average molecular weight is 237 g/mol. The quantitative estimate of drug-likeness (QED) is 0.879. The minimum atomic E-state index is -0.468. The molecule has 0 heterocycles. The summed E-state index contributed by atoms with van der Waals surface area (Å²) in [5.74, 6) is 0.797. The van der Waals surface area contributed by atoms with Gasteiger partial charge in [-0.05, 0) is 38.5 Å². The lowest BCUT2D eigenvalue weighted by atomic mass is 10.2. The van der Waals surface area contributed by atoms with E-state index >= 15 is 0 Å². The summed E-state index contributed by atoms with van der Waals surface area (Å²) in [7, 11) is 1.62. The van der Waals surface area contributed by atoms with E-state index in [1.54, 1.807) is 7.11 Å². The van der Waals surface area contributed by atoms with E-state index in [2.05, 4.69) is 5.32 Å². The molecule has 0 atom stereocenters. The Kier molecular flexibility index (Phi) is 4.37. The second-order valence-corrected chi connectivity index (χ2v) is 4.70. The van der Waals surface area contributed by atoms with Crippen molar-refractivity contribution in [1.29, 1.82) is 0 Å². The first-order chi connectivity index (χ1) is 7.90. The molecule has 1 aromatic rings. The van der Waals surface area contributed by atoms with Gasteiger partial charge in [0.2, 0.25) is 0 Å². The standard InChI is InChI=1S/C13H19NO3/c1-13(2,3)17-12(15)14-9-10-5-7-11(16-4)8-6-10/h5-8H,9H2,1-4H3,(H,14,15). The van der Waals surface area contributed by atoms with E-state index in [9.17, 15) is 4.79 Å². The number of nitrogens with one attached hydrogen (secondary N) is 1. The number of amides is 1. The minimum Gasteiger partial charge on any atom is -0.497 e. The molecule has 0 aromatic heterocycles. The maximum atomic E-state index is 11.4. The van der Waals surface area contributed by atoms with Gasteiger partial charge in [0.15, 0.2) is 0 Å². The van der Waals surface area contributed by atoms with Crippen LogP contribution in [-0.2, 0) is 11.3 Å². The van der Waals surface area contributed by atoms with Crippen molar-refractivity contribution in [2.45, 2.75) is 32.9 Å². The summed E-state index contributed by atoms with van der Waals surface area (Å²) in [5, 5.41) is 2.69. The molecule has 0 saturated carbocycles. The summed E-state index contributed by atoms with van der Waals surface area (Å²) in [4.78, 5) is 11.4. The second-order valence-electron chi connectivity index (χ2n) is 4.70. The molecular weight excluding hydrogens is 218 g/mol. The smallest absolute Gasteiger partial charge is 0.407 e. The van der Waals surface area contributed by atoms with Crippen molar-refractivity contribution >= 4 is 6.09 Å². The third-order valence-electron chi connectivity index (χ3n) is 1.99. The number of hydrogen-bond acceptors (Lipinski definition) is 3. The molecule has 94 valence electrons. The first-order valence-electron chi connectivity index (χ1n) is 5.50. The molecule has 0 spiro atoms. The van der Waals surface area contributed by atoms with E-state index in [0.29, 0.717) is 6.54 Å². The lowest BCUT2D eigenvalue weighted by molar-refractivity contribution is 0.0523. The molecule has 0 saturated heterocycles. The lowest BCUT2D eigenvalue weighted by Gasteiger charge is -2.19. The molecular formula is C13H19NO3. The maximum absolute atomic E-state index is 11.4.